The second-order valence-corrected chi connectivity index (χ2v) is 3.80. The van der Waals surface area contributed by atoms with Crippen LogP contribution in [0.25, 0.3) is 0 Å². The van der Waals surface area contributed by atoms with E-state index in [9.17, 15) is 9.18 Å². The van der Waals surface area contributed by atoms with Gasteiger partial charge in [0.1, 0.15) is 5.82 Å². The van der Waals surface area contributed by atoms with Crippen LogP contribution in [0.1, 0.15) is 11.1 Å². The molecule has 0 saturated heterocycles. The largest absolute Gasteiger partial charge is 0.468 e. The van der Waals surface area contributed by atoms with Gasteiger partial charge >= 0.3 is 5.97 Å². The molecule has 0 saturated carbocycles. The molecule has 0 amide bonds. The Morgan fingerprint density at radius 1 is 1.47 bits per heavy atom. The molecule has 0 heterocycles. The molecule has 0 atom stereocenters. The second kappa shape index (κ2) is 7.10. The van der Waals surface area contributed by atoms with Crippen LogP contribution in [0.4, 0.5) is 4.39 Å². The summed E-state index contributed by atoms with van der Waals surface area (Å²) in [5, 5.41) is 17.4. The zero-order valence-electron chi connectivity index (χ0n) is 10.4. The minimum atomic E-state index is -0.507. The maximum absolute atomic E-state index is 13.6. The molecule has 1 aromatic rings. The van der Waals surface area contributed by atoms with Crippen molar-refractivity contribution in [3.05, 3.63) is 35.1 Å². The van der Waals surface area contributed by atoms with E-state index in [0.29, 0.717) is 5.56 Å². The average Bonchev–Trinajstić information content (AvgIpc) is 2.41. The van der Waals surface area contributed by atoms with E-state index in [1.807, 2.05) is 12.1 Å². The van der Waals surface area contributed by atoms with Crippen molar-refractivity contribution in [3.8, 4) is 12.1 Å². The monoisotopic (exact) mass is 261 g/mol. The summed E-state index contributed by atoms with van der Waals surface area (Å²) in [6.07, 6.45) is 0. The van der Waals surface area contributed by atoms with Gasteiger partial charge in [-0.1, -0.05) is 0 Å². The first-order chi connectivity index (χ1) is 9.10. The van der Waals surface area contributed by atoms with Gasteiger partial charge in [0.15, 0.2) is 0 Å². The first-order valence-electron chi connectivity index (χ1n) is 5.45. The highest BCUT2D eigenvalue weighted by Gasteiger charge is 2.14. The SMILES string of the molecule is COC(=O)CN(CC#N)Cc1cc(C#N)ccc1F. The van der Waals surface area contributed by atoms with Crippen LogP contribution in [0.3, 0.4) is 0 Å². The average molecular weight is 261 g/mol. The van der Waals surface area contributed by atoms with E-state index >= 15 is 0 Å². The number of esters is 1. The summed E-state index contributed by atoms with van der Waals surface area (Å²) in [6.45, 7) is -0.0877. The van der Waals surface area contributed by atoms with E-state index in [1.165, 1.54) is 30.2 Å². The lowest BCUT2D eigenvalue weighted by Crippen LogP contribution is -2.30. The molecule has 1 aromatic carbocycles. The molecule has 5 nitrogen and oxygen atoms in total. The Hall–Kier alpha value is -2.44. The van der Waals surface area contributed by atoms with Crippen LogP contribution in [0.15, 0.2) is 18.2 Å². The number of benzene rings is 1. The van der Waals surface area contributed by atoms with Gasteiger partial charge in [-0.15, -0.1) is 0 Å². The molecule has 6 heteroatoms. The molecule has 0 aliphatic carbocycles. The predicted octanol–water partition coefficient (Wildman–Crippen LogP) is 1.20. The molecule has 0 aliphatic rings. The minimum Gasteiger partial charge on any atom is -0.468 e. The number of methoxy groups -OCH3 is 1. The molecule has 19 heavy (non-hydrogen) atoms. The highest BCUT2D eigenvalue weighted by atomic mass is 19.1. The summed E-state index contributed by atoms with van der Waals surface area (Å²) in [5.41, 5.74) is 0.588. The van der Waals surface area contributed by atoms with Crippen molar-refractivity contribution >= 4 is 5.97 Å². The van der Waals surface area contributed by atoms with Crippen LogP contribution in [0.2, 0.25) is 0 Å². The molecule has 0 aliphatic heterocycles. The first kappa shape index (κ1) is 14.6. The van der Waals surface area contributed by atoms with E-state index < -0.39 is 11.8 Å². The summed E-state index contributed by atoms with van der Waals surface area (Å²) in [7, 11) is 1.24. The third-order valence-electron chi connectivity index (χ3n) is 2.44. The third-order valence-corrected chi connectivity index (χ3v) is 2.44. The van der Waals surface area contributed by atoms with Crippen LogP contribution < -0.4 is 0 Å². The highest BCUT2D eigenvalue weighted by Crippen LogP contribution is 2.12. The van der Waals surface area contributed by atoms with E-state index in [0.717, 1.165) is 0 Å². The fraction of sp³-hybridized carbons (Fsp3) is 0.308. The molecule has 0 spiro atoms. The van der Waals surface area contributed by atoms with Gasteiger partial charge in [-0.05, 0) is 18.2 Å². The normalized spacial score (nSPS) is 9.74. The van der Waals surface area contributed by atoms with Gasteiger partial charge in [0.05, 0.1) is 37.9 Å². The molecule has 1 rings (SSSR count). The number of halogens is 1. The molecule has 98 valence electrons. The smallest absolute Gasteiger partial charge is 0.319 e. The molecular formula is C13H12FN3O2. The molecule has 0 fully saturated rings. The van der Waals surface area contributed by atoms with Crippen molar-refractivity contribution in [1.82, 2.24) is 4.90 Å². The summed E-state index contributed by atoms with van der Waals surface area (Å²) in [4.78, 5) is 12.6. The fourth-order valence-corrected chi connectivity index (χ4v) is 1.52. The van der Waals surface area contributed by atoms with Gasteiger partial charge in [0, 0.05) is 12.1 Å². The van der Waals surface area contributed by atoms with Crippen molar-refractivity contribution in [2.75, 3.05) is 20.2 Å². The zero-order chi connectivity index (χ0) is 14.3. The second-order valence-electron chi connectivity index (χ2n) is 3.80. The number of rotatable bonds is 5. The summed E-state index contributed by atoms with van der Waals surface area (Å²) in [5.74, 6) is -0.987. The molecular weight excluding hydrogens is 249 g/mol. The summed E-state index contributed by atoms with van der Waals surface area (Å²) >= 11 is 0. The van der Waals surface area contributed by atoms with Crippen molar-refractivity contribution in [2.45, 2.75) is 6.54 Å². The van der Waals surface area contributed by atoms with Crippen LogP contribution in [-0.4, -0.2) is 31.1 Å². The third kappa shape index (κ3) is 4.38. The van der Waals surface area contributed by atoms with Crippen LogP contribution >= 0.6 is 0 Å². The molecule has 0 bridgehead atoms. The van der Waals surface area contributed by atoms with Crippen molar-refractivity contribution in [1.29, 1.82) is 10.5 Å². The van der Waals surface area contributed by atoms with E-state index in [-0.39, 0.29) is 25.2 Å². The molecule has 0 unspecified atom stereocenters. The Balaban J connectivity index is 2.87. The fourth-order valence-electron chi connectivity index (χ4n) is 1.52. The number of carbonyl (C=O) groups excluding carboxylic acids is 1. The topological polar surface area (TPSA) is 77.1 Å². The van der Waals surface area contributed by atoms with Crippen LogP contribution in [0, 0.1) is 28.5 Å². The molecule has 0 radical (unpaired) electrons. The number of hydrogen-bond acceptors (Lipinski definition) is 5. The lowest BCUT2D eigenvalue weighted by Gasteiger charge is -2.18. The van der Waals surface area contributed by atoms with Crippen LogP contribution in [0.5, 0.6) is 0 Å². The number of nitriles is 2. The summed E-state index contributed by atoms with van der Waals surface area (Å²) in [6, 6.07) is 7.77. The maximum Gasteiger partial charge on any atom is 0.319 e. The minimum absolute atomic E-state index is 0.0364. The zero-order valence-corrected chi connectivity index (χ0v) is 10.4. The van der Waals surface area contributed by atoms with Gasteiger partial charge in [-0.2, -0.15) is 10.5 Å². The highest BCUT2D eigenvalue weighted by molar-refractivity contribution is 5.71. The molecule has 0 aromatic heterocycles. The standard InChI is InChI=1S/C13H12FN3O2/c1-19-13(18)9-17(5-4-15)8-11-6-10(7-16)2-3-12(11)14/h2-3,6H,5,8-9H2,1H3. The van der Waals surface area contributed by atoms with E-state index in [1.54, 1.807) is 0 Å². The lowest BCUT2D eigenvalue weighted by molar-refractivity contribution is -0.141. The Bertz CT molecular complexity index is 546. The van der Waals surface area contributed by atoms with Gasteiger partial charge in [0.25, 0.3) is 0 Å². The van der Waals surface area contributed by atoms with Gasteiger partial charge in [-0.25, -0.2) is 4.39 Å². The van der Waals surface area contributed by atoms with Gasteiger partial charge < -0.3 is 4.74 Å². The Morgan fingerprint density at radius 3 is 2.79 bits per heavy atom. The predicted molar refractivity (Wildman–Crippen MR) is 64.0 cm³/mol. The number of carbonyl (C=O) groups is 1. The van der Waals surface area contributed by atoms with Crippen LogP contribution in [-0.2, 0) is 16.1 Å². The maximum atomic E-state index is 13.6. The van der Waals surface area contributed by atoms with Crippen molar-refractivity contribution < 1.29 is 13.9 Å². The van der Waals surface area contributed by atoms with E-state index in [4.69, 9.17) is 10.5 Å². The van der Waals surface area contributed by atoms with Crippen molar-refractivity contribution in [2.24, 2.45) is 0 Å². The molecule has 0 N–H and O–H groups in total. The Morgan fingerprint density at radius 2 is 2.21 bits per heavy atom. The van der Waals surface area contributed by atoms with Crippen molar-refractivity contribution in [3.63, 3.8) is 0 Å². The van der Waals surface area contributed by atoms with Gasteiger partial charge in [0.2, 0.25) is 0 Å². The number of nitrogens with zero attached hydrogens (tertiary/aromatic N) is 3. The number of ether oxygens (including phenoxy) is 1. The Kier molecular flexibility index (Phi) is 5.46. The Labute approximate surface area is 110 Å². The van der Waals surface area contributed by atoms with E-state index in [2.05, 4.69) is 4.74 Å². The number of hydrogen-bond donors (Lipinski definition) is 0. The first-order valence-corrected chi connectivity index (χ1v) is 5.45. The van der Waals surface area contributed by atoms with Gasteiger partial charge in [-0.3, -0.25) is 9.69 Å². The lowest BCUT2D eigenvalue weighted by atomic mass is 10.1. The summed E-state index contributed by atoms with van der Waals surface area (Å²) < 4.78 is 18.1. The quantitative estimate of drug-likeness (QED) is 0.588.